The molecule has 24 heavy (non-hydrogen) atoms. The van der Waals surface area contributed by atoms with Gasteiger partial charge in [0.15, 0.2) is 5.82 Å². The maximum Gasteiger partial charge on any atom is 0.249 e. The first kappa shape index (κ1) is 16.1. The molecule has 3 rings (SSSR count). The summed E-state index contributed by atoms with van der Waals surface area (Å²) in [6.45, 7) is 0.813. The molecule has 1 saturated heterocycles. The molecule has 2 heterocycles. The van der Waals surface area contributed by atoms with Gasteiger partial charge in [-0.15, -0.1) is 10.2 Å². The number of benzene rings is 1. The average Bonchev–Trinajstić information content (AvgIpc) is 3.00. The Kier molecular flexibility index (Phi) is 4.85. The summed E-state index contributed by atoms with van der Waals surface area (Å²) < 4.78 is 6.99. The summed E-state index contributed by atoms with van der Waals surface area (Å²) in [4.78, 5) is 26.3. The highest BCUT2D eigenvalue weighted by atomic mass is 16.5. The van der Waals surface area contributed by atoms with E-state index in [9.17, 15) is 9.59 Å². The molecule has 8 heteroatoms. The number of carbonyl (C=O) groups is 2. The fourth-order valence-electron chi connectivity index (χ4n) is 2.55. The van der Waals surface area contributed by atoms with Crippen molar-refractivity contribution in [1.29, 1.82) is 0 Å². The van der Waals surface area contributed by atoms with Gasteiger partial charge >= 0.3 is 0 Å². The second-order valence-electron chi connectivity index (χ2n) is 5.61. The van der Waals surface area contributed by atoms with Crippen molar-refractivity contribution >= 4 is 11.8 Å². The van der Waals surface area contributed by atoms with Gasteiger partial charge in [0.1, 0.15) is 19.0 Å². The number of hydrogen-bond donors (Lipinski definition) is 1. The number of hydrogen-bond acceptors (Lipinski definition) is 5. The number of rotatable bonds is 5. The van der Waals surface area contributed by atoms with Crippen molar-refractivity contribution in [3.05, 3.63) is 48.0 Å². The Morgan fingerprint density at radius 1 is 1.38 bits per heavy atom. The fourth-order valence-corrected chi connectivity index (χ4v) is 2.55. The maximum absolute atomic E-state index is 12.5. The molecule has 0 aliphatic carbocycles. The molecule has 0 radical (unpaired) electrons. The smallest absolute Gasteiger partial charge is 0.249 e. The van der Waals surface area contributed by atoms with Gasteiger partial charge in [0.25, 0.3) is 0 Å². The lowest BCUT2D eigenvalue weighted by molar-refractivity contribution is -0.155. The Morgan fingerprint density at radius 3 is 2.88 bits per heavy atom. The van der Waals surface area contributed by atoms with Crippen LogP contribution in [0, 0.1) is 0 Å². The topological polar surface area (TPSA) is 89.4 Å². The van der Waals surface area contributed by atoms with E-state index in [1.807, 2.05) is 30.3 Å². The van der Waals surface area contributed by atoms with E-state index in [4.69, 9.17) is 4.74 Å². The van der Waals surface area contributed by atoms with Gasteiger partial charge in [0.05, 0.1) is 13.2 Å². The zero-order valence-electron chi connectivity index (χ0n) is 13.4. The molecule has 1 fully saturated rings. The SMILES string of the molecule is Cn1cnnc1CNC(=O)[C@@H]1COCC(=O)N1Cc1ccccc1. The number of nitrogens with one attached hydrogen (secondary N) is 1. The van der Waals surface area contributed by atoms with Crippen LogP contribution in [-0.4, -0.2) is 50.7 Å². The maximum atomic E-state index is 12.5. The summed E-state index contributed by atoms with van der Waals surface area (Å²) in [5.41, 5.74) is 0.971. The minimum absolute atomic E-state index is 0.0000995. The van der Waals surface area contributed by atoms with E-state index in [-0.39, 0.29) is 31.6 Å². The van der Waals surface area contributed by atoms with Crippen LogP contribution in [0.3, 0.4) is 0 Å². The third kappa shape index (κ3) is 3.60. The first-order chi connectivity index (χ1) is 11.6. The molecule has 1 aliphatic heterocycles. The molecular formula is C16H19N5O3. The van der Waals surface area contributed by atoms with Crippen molar-refractivity contribution in [2.24, 2.45) is 7.05 Å². The second-order valence-corrected chi connectivity index (χ2v) is 5.61. The Morgan fingerprint density at radius 2 is 2.17 bits per heavy atom. The van der Waals surface area contributed by atoms with E-state index in [1.165, 1.54) is 0 Å². The highest BCUT2D eigenvalue weighted by molar-refractivity contribution is 5.89. The van der Waals surface area contributed by atoms with E-state index in [0.717, 1.165) is 5.56 Å². The quantitative estimate of drug-likeness (QED) is 0.825. The Balaban J connectivity index is 1.67. The first-order valence-electron chi connectivity index (χ1n) is 7.67. The molecule has 1 N–H and O–H groups in total. The fraction of sp³-hybridized carbons (Fsp3) is 0.375. The molecule has 8 nitrogen and oxygen atoms in total. The van der Waals surface area contributed by atoms with Gasteiger partial charge in [0, 0.05) is 13.6 Å². The van der Waals surface area contributed by atoms with Gasteiger partial charge in [-0.1, -0.05) is 30.3 Å². The Bertz CT molecular complexity index is 716. The number of aromatic nitrogens is 3. The molecule has 2 aromatic rings. The number of nitrogens with zero attached hydrogens (tertiary/aromatic N) is 4. The monoisotopic (exact) mass is 329 g/mol. The normalized spacial score (nSPS) is 17.8. The van der Waals surface area contributed by atoms with Gasteiger partial charge < -0.3 is 19.5 Å². The van der Waals surface area contributed by atoms with Crippen LogP contribution < -0.4 is 5.32 Å². The number of morpholine rings is 1. The van der Waals surface area contributed by atoms with Gasteiger partial charge in [-0.3, -0.25) is 9.59 Å². The zero-order valence-corrected chi connectivity index (χ0v) is 13.4. The average molecular weight is 329 g/mol. The summed E-state index contributed by atoms with van der Waals surface area (Å²) in [6.07, 6.45) is 1.57. The summed E-state index contributed by atoms with van der Waals surface area (Å²) in [5.74, 6) is 0.187. The zero-order chi connectivity index (χ0) is 16.9. The third-order valence-electron chi connectivity index (χ3n) is 3.92. The molecule has 0 spiro atoms. The second kappa shape index (κ2) is 7.22. The third-order valence-corrected chi connectivity index (χ3v) is 3.92. The minimum Gasteiger partial charge on any atom is -0.369 e. The molecule has 0 bridgehead atoms. The minimum atomic E-state index is -0.653. The van der Waals surface area contributed by atoms with Crippen molar-refractivity contribution in [1.82, 2.24) is 25.0 Å². The van der Waals surface area contributed by atoms with Crippen molar-refractivity contribution in [3.8, 4) is 0 Å². The van der Waals surface area contributed by atoms with E-state index >= 15 is 0 Å². The number of ether oxygens (including phenoxy) is 1. The van der Waals surface area contributed by atoms with E-state index in [0.29, 0.717) is 12.4 Å². The lowest BCUT2D eigenvalue weighted by Crippen LogP contribution is -2.55. The van der Waals surface area contributed by atoms with Gasteiger partial charge in [-0.25, -0.2) is 0 Å². The largest absolute Gasteiger partial charge is 0.369 e. The molecule has 1 aromatic carbocycles. The van der Waals surface area contributed by atoms with Gasteiger partial charge in [0.2, 0.25) is 11.8 Å². The highest BCUT2D eigenvalue weighted by Crippen LogP contribution is 2.14. The van der Waals surface area contributed by atoms with Crippen LogP contribution in [0.2, 0.25) is 0 Å². The summed E-state index contributed by atoms with van der Waals surface area (Å²) in [7, 11) is 1.80. The van der Waals surface area contributed by atoms with Crippen LogP contribution in [0.4, 0.5) is 0 Å². The van der Waals surface area contributed by atoms with E-state index in [1.54, 1.807) is 22.8 Å². The summed E-state index contributed by atoms with van der Waals surface area (Å²) >= 11 is 0. The first-order valence-corrected chi connectivity index (χ1v) is 7.67. The Hall–Kier alpha value is -2.74. The van der Waals surface area contributed by atoms with Gasteiger partial charge in [-0.2, -0.15) is 0 Å². The molecule has 0 saturated carbocycles. The van der Waals surface area contributed by atoms with E-state index < -0.39 is 6.04 Å². The van der Waals surface area contributed by atoms with Crippen LogP contribution in [-0.2, 0) is 34.5 Å². The van der Waals surface area contributed by atoms with Crippen LogP contribution >= 0.6 is 0 Å². The predicted octanol–water partition coefficient (Wildman–Crippen LogP) is -0.141. The lowest BCUT2D eigenvalue weighted by Gasteiger charge is -2.34. The van der Waals surface area contributed by atoms with Crippen LogP contribution in [0.5, 0.6) is 0 Å². The Labute approximate surface area is 139 Å². The molecule has 2 amide bonds. The lowest BCUT2D eigenvalue weighted by atomic mass is 10.1. The molecular weight excluding hydrogens is 310 g/mol. The number of amides is 2. The van der Waals surface area contributed by atoms with E-state index in [2.05, 4.69) is 15.5 Å². The summed E-state index contributed by atoms with van der Waals surface area (Å²) in [5, 5.41) is 10.5. The molecule has 0 unspecified atom stereocenters. The van der Waals surface area contributed by atoms with Crippen molar-refractivity contribution in [2.45, 2.75) is 19.1 Å². The predicted molar refractivity (Wildman–Crippen MR) is 84.4 cm³/mol. The molecule has 1 atom stereocenters. The van der Waals surface area contributed by atoms with Gasteiger partial charge in [-0.05, 0) is 5.56 Å². The van der Waals surface area contributed by atoms with Crippen molar-refractivity contribution < 1.29 is 14.3 Å². The number of carbonyl (C=O) groups excluding carboxylic acids is 2. The van der Waals surface area contributed by atoms with Crippen LogP contribution in [0.15, 0.2) is 36.7 Å². The highest BCUT2D eigenvalue weighted by Gasteiger charge is 2.34. The van der Waals surface area contributed by atoms with Crippen LogP contribution in [0.25, 0.3) is 0 Å². The van der Waals surface area contributed by atoms with Crippen molar-refractivity contribution in [3.63, 3.8) is 0 Å². The molecule has 126 valence electrons. The van der Waals surface area contributed by atoms with Crippen LogP contribution in [0.1, 0.15) is 11.4 Å². The molecule has 1 aromatic heterocycles. The standard InChI is InChI=1S/C16H19N5O3/c1-20-11-18-19-14(20)7-17-16(23)13-9-24-10-15(22)21(13)8-12-5-3-2-4-6-12/h2-6,11,13H,7-10H2,1H3,(H,17,23)/t13-/m0/s1. The molecule has 1 aliphatic rings. The summed E-state index contributed by atoms with van der Waals surface area (Å²) in [6, 6.07) is 8.93. The van der Waals surface area contributed by atoms with Crippen molar-refractivity contribution in [2.75, 3.05) is 13.2 Å². The number of aryl methyl sites for hydroxylation is 1.